The van der Waals surface area contributed by atoms with Gasteiger partial charge in [0.25, 0.3) is 11.7 Å². The summed E-state index contributed by atoms with van der Waals surface area (Å²) in [5.74, 6) is -0.257. The third-order valence-corrected chi connectivity index (χ3v) is 6.29. The van der Waals surface area contributed by atoms with Crippen LogP contribution in [-0.4, -0.2) is 80.2 Å². The number of benzene rings is 2. The number of carbonyl (C=O) groups is 2. The number of methoxy groups -OCH3 is 2. The number of hydrogen-bond donors (Lipinski definition) is 1. The first kappa shape index (κ1) is 23.8. The summed E-state index contributed by atoms with van der Waals surface area (Å²) < 4.78 is 16.0. The van der Waals surface area contributed by atoms with Crippen molar-refractivity contribution in [3.8, 4) is 11.5 Å². The van der Waals surface area contributed by atoms with Gasteiger partial charge in [-0.05, 0) is 48.4 Å². The van der Waals surface area contributed by atoms with Crippen LogP contribution >= 0.6 is 0 Å². The van der Waals surface area contributed by atoms with Gasteiger partial charge >= 0.3 is 0 Å². The predicted molar refractivity (Wildman–Crippen MR) is 127 cm³/mol. The monoisotopic (exact) mass is 466 g/mol. The first-order chi connectivity index (χ1) is 16.5. The largest absolute Gasteiger partial charge is 0.507 e. The first-order valence-electron chi connectivity index (χ1n) is 11.4. The first-order valence-corrected chi connectivity index (χ1v) is 11.4. The van der Waals surface area contributed by atoms with Crippen LogP contribution in [0.3, 0.4) is 0 Å². The molecular weight excluding hydrogens is 436 g/mol. The van der Waals surface area contributed by atoms with Crippen LogP contribution in [0.1, 0.15) is 23.6 Å². The summed E-state index contributed by atoms with van der Waals surface area (Å²) in [6, 6.07) is 13.3. The van der Waals surface area contributed by atoms with Crippen LogP contribution < -0.4 is 9.47 Å². The number of nitrogens with zero attached hydrogens (tertiary/aromatic N) is 2. The number of hydrogen-bond acceptors (Lipinski definition) is 7. The van der Waals surface area contributed by atoms with Gasteiger partial charge in [0.15, 0.2) is 0 Å². The number of morpholine rings is 1. The molecule has 2 heterocycles. The molecule has 1 amide bonds. The lowest BCUT2D eigenvalue weighted by Gasteiger charge is -2.29. The van der Waals surface area contributed by atoms with Crippen molar-refractivity contribution in [2.24, 2.45) is 0 Å². The standard InChI is InChI=1S/C26H30N2O6/c1-32-20-9-7-18(8-10-20)24(29)22-23(19-5-3-6-21(17-19)33-2)28(26(31)25(22)30)12-4-11-27-13-15-34-16-14-27/h3,5-10,17,23,29H,4,11-16H2,1-2H3/b24-22-. The van der Waals surface area contributed by atoms with Gasteiger partial charge in [0, 0.05) is 31.7 Å². The second-order valence-electron chi connectivity index (χ2n) is 8.31. The van der Waals surface area contributed by atoms with Gasteiger partial charge in [-0.25, -0.2) is 0 Å². The van der Waals surface area contributed by atoms with Crippen LogP contribution in [0.2, 0.25) is 0 Å². The number of likely N-dealkylation sites (tertiary alicyclic amines) is 1. The van der Waals surface area contributed by atoms with Crippen molar-refractivity contribution >= 4 is 17.4 Å². The second kappa shape index (κ2) is 10.7. The molecule has 4 rings (SSSR count). The molecule has 2 aromatic carbocycles. The molecule has 2 aliphatic heterocycles. The number of amides is 1. The summed E-state index contributed by atoms with van der Waals surface area (Å²) in [6.07, 6.45) is 0.704. The smallest absolute Gasteiger partial charge is 0.295 e. The van der Waals surface area contributed by atoms with Gasteiger partial charge < -0.3 is 24.2 Å². The summed E-state index contributed by atoms with van der Waals surface area (Å²) in [5.41, 5.74) is 1.23. The van der Waals surface area contributed by atoms with Gasteiger partial charge in [0.1, 0.15) is 17.3 Å². The minimum atomic E-state index is -0.707. The Labute approximate surface area is 199 Å². The Morgan fingerprint density at radius 1 is 1.00 bits per heavy atom. The van der Waals surface area contributed by atoms with E-state index in [0.29, 0.717) is 48.8 Å². The highest BCUT2D eigenvalue weighted by Crippen LogP contribution is 2.40. The highest BCUT2D eigenvalue weighted by atomic mass is 16.5. The van der Waals surface area contributed by atoms with Gasteiger partial charge in [-0.1, -0.05) is 12.1 Å². The molecule has 8 heteroatoms. The second-order valence-corrected chi connectivity index (χ2v) is 8.31. The Morgan fingerprint density at radius 2 is 1.71 bits per heavy atom. The topological polar surface area (TPSA) is 88.5 Å². The van der Waals surface area contributed by atoms with Gasteiger partial charge in [0.05, 0.1) is 39.0 Å². The van der Waals surface area contributed by atoms with E-state index in [0.717, 1.165) is 19.6 Å². The zero-order valence-electron chi connectivity index (χ0n) is 19.5. The predicted octanol–water partition coefficient (Wildman–Crippen LogP) is 2.85. The third-order valence-electron chi connectivity index (χ3n) is 6.29. The van der Waals surface area contributed by atoms with Crippen LogP contribution in [0.15, 0.2) is 54.1 Å². The fraction of sp³-hybridized carbons (Fsp3) is 0.385. The maximum atomic E-state index is 13.2. The Hall–Kier alpha value is -3.36. The van der Waals surface area contributed by atoms with Crippen molar-refractivity contribution in [1.29, 1.82) is 0 Å². The van der Waals surface area contributed by atoms with Crippen LogP contribution in [0.4, 0.5) is 0 Å². The maximum Gasteiger partial charge on any atom is 0.295 e. The van der Waals surface area contributed by atoms with Crippen LogP contribution in [0.25, 0.3) is 5.76 Å². The molecule has 180 valence electrons. The highest BCUT2D eigenvalue weighted by molar-refractivity contribution is 6.46. The van der Waals surface area contributed by atoms with E-state index >= 15 is 0 Å². The average molecular weight is 467 g/mol. The van der Waals surface area contributed by atoms with Gasteiger partial charge in [-0.2, -0.15) is 0 Å². The van der Waals surface area contributed by atoms with E-state index in [4.69, 9.17) is 14.2 Å². The number of rotatable bonds is 8. The molecule has 34 heavy (non-hydrogen) atoms. The number of carbonyl (C=O) groups excluding carboxylic acids is 2. The lowest BCUT2D eigenvalue weighted by atomic mass is 9.95. The molecule has 2 saturated heterocycles. The molecule has 1 unspecified atom stereocenters. The van der Waals surface area contributed by atoms with E-state index in [9.17, 15) is 14.7 Å². The van der Waals surface area contributed by atoms with Crippen molar-refractivity contribution in [1.82, 2.24) is 9.80 Å². The van der Waals surface area contributed by atoms with Crippen molar-refractivity contribution < 1.29 is 28.9 Å². The molecule has 0 bridgehead atoms. The minimum Gasteiger partial charge on any atom is -0.507 e. The summed E-state index contributed by atoms with van der Waals surface area (Å²) in [5, 5.41) is 11.2. The molecule has 2 aliphatic rings. The molecule has 1 N–H and O–H groups in total. The molecule has 2 fully saturated rings. The quantitative estimate of drug-likeness (QED) is 0.364. The number of aliphatic hydroxyl groups excluding tert-OH is 1. The summed E-state index contributed by atoms with van der Waals surface area (Å²) in [4.78, 5) is 30.1. The Balaban J connectivity index is 1.68. The zero-order chi connectivity index (χ0) is 24.1. The maximum absolute atomic E-state index is 13.2. The zero-order valence-corrected chi connectivity index (χ0v) is 19.5. The Bertz CT molecular complexity index is 1060. The lowest BCUT2D eigenvalue weighted by molar-refractivity contribution is -0.140. The Kier molecular flexibility index (Phi) is 7.49. The van der Waals surface area contributed by atoms with Gasteiger partial charge in [-0.15, -0.1) is 0 Å². The van der Waals surface area contributed by atoms with Crippen molar-refractivity contribution in [3.63, 3.8) is 0 Å². The van der Waals surface area contributed by atoms with E-state index in [1.165, 1.54) is 0 Å². The van der Waals surface area contributed by atoms with E-state index in [1.54, 1.807) is 55.5 Å². The summed E-state index contributed by atoms with van der Waals surface area (Å²) in [7, 11) is 3.12. The number of Topliss-reactive ketones (excluding diaryl/α,β-unsaturated/α-hetero) is 1. The van der Waals surface area contributed by atoms with E-state index in [1.807, 2.05) is 12.1 Å². The average Bonchev–Trinajstić information content (AvgIpc) is 3.14. The molecule has 0 spiro atoms. The molecular formula is C26H30N2O6. The van der Waals surface area contributed by atoms with Crippen LogP contribution in [0, 0.1) is 0 Å². The summed E-state index contributed by atoms with van der Waals surface area (Å²) >= 11 is 0. The molecule has 2 aromatic rings. The highest BCUT2D eigenvalue weighted by Gasteiger charge is 2.45. The Morgan fingerprint density at radius 3 is 2.38 bits per heavy atom. The van der Waals surface area contributed by atoms with Crippen molar-refractivity contribution in [2.45, 2.75) is 12.5 Å². The molecule has 1 atom stereocenters. The van der Waals surface area contributed by atoms with Crippen molar-refractivity contribution in [3.05, 3.63) is 65.2 Å². The van der Waals surface area contributed by atoms with Crippen molar-refractivity contribution in [2.75, 3.05) is 53.6 Å². The molecule has 0 saturated carbocycles. The summed E-state index contributed by atoms with van der Waals surface area (Å²) in [6.45, 7) is 4.32. The molecule has 0 aliphatic carbocycles. The minimum absolute atomic E-state index is 0.0785. The van der Waals surface area contributed by atoms with Crippen LogP contribution in [-0.2, 0) is 14.3 Å². The van der Waals surface area contributed by atoms with Gasteiger partial charge in [-0.3, -0.25) is 14.5 Å². The SMILES string of the molecule is COc1ccc(/C(O)=C2/C(=O)C(=O)N(CCCN3CCOCC3)C2c2cccc(OC)c2)cc1. The fourth-order valence-corrected chi connectivity index (χ4v) is 4.46. The molecule has 0 aromatic heterocycles. The molecule has 0 radical (unpaired) electrons. The number of ketones is 1. The lowest BCUT2D eigenvalue weighted by Crippen LogP contribution is -2.38. The fourth-order valence-electron chi connectivity index (χ4n) is 4.46. The third kappa shape index (κ3) is 4.93. The van der Waals surface area contributed by atoms with E-state index in [-0.39, 0.29) is 11.3 Å². The van der Waals surface area contributed by atoms with E-state index in [2.05, 4.69) is 4.90 Å². The molecule has 8 nitrogen and oxygen atoms in total. The number of ether oxygens (including phenoxy) is 3. The van der Waals surface area contributed by atoms with Gasteiger partial charge in [0.2, 0.25) is 0 Å². The van der Waals surface area contributed by atoms with E-state index < -0.39 is 17.7 Å². The number of aliphatic hydroxyl groups is 1. The van der Waals surface area contributed by atoms with Crippen LogP contribution in [0.5, 0.6) is 11.5 Å². The normalized spacial score (nSPS) is 20.5.